The molecule has 1 spiro atoms. The maximum absolute atomic E-state index is 13.4. The molecule has 45 heavy (non-hydrogen) atoms. The molecule has 1 fully saturated rings. The number of fused-ring (bicyclic) bond motifs is 4. The average Bonchev–Trinajstić information content (AvgIpc) is 3.14. The van der Waals surface area contributed by atoms with Crippen molar-refractivity contribution in [3.8, 4) is 5.75 Å². The maximum Gasteiger partial charge on any atom is 0.264 e. The molecule has 2 aromatic rings. The van der Waals surface area contributed by atoms with E-state index in [1.54, 1.807) is 20.1 Å². The molecule has 4 aliphatic rings. The standard InChI is InChI=1S/C35H45ClN2O6S/c1-23-6-12-32(43-16-15-42-3)29-10-7-27(29)20-38-21-35(14-4-5-25-18-28(36)9-11-30(25)35)22-44-33-13-8-26(19-31(33)38)34(39)37-45(40,41)24(2)17-23/h6,8-9,11-13,18-19,23-24,27,29,32H,4-5,7,10,14-17,20-22H2,1-3H3,(H,37,39)/b12-6-/t23-,24+,27-,29+,32-,35-/m0/s1. The Bertz CT molecular complexity index is 1550. The monoisotopic (exact) mass is 656 g/mol. The van der Waals surface area contributed by atoms with E-state index in [1.165, 1.54) is 11.1 Å². The van der Waals surface area contributed by atoms with Gasteiger partial charge in [0, 0.05) is 36.2 Å². The number of hydrogen-bond donors (Lipinski definition) is 1. The van der Waals surface area contributed by atoms with Crippen LogP contribution in [-0.2, 0) is 31.3 Å². The van der Waals surface area contributed by atoms with Crippen LogP contribution in [0.25, 0.3) is 0 Å². The lowest BCUT2D eigenvalue weighted by Gasteiger charge is -2.46. The number of anilines is 1. The zero-order valence-corrected chi connectivity index (χ0v) is 28.0. The van der Waals surface area contributed by atoms with E-state index in [4.69, 9.17) is 25.8 Å². The van der Waals surface area contributed by atoms with Crippen molar-refractivity contribution in [1.82, 2.24) is 4.72 Å². The lowest BCUT2D eigenvalue weighted by Crippen LogP contribution is -2.49. The molecule has 244 valence electrons. The molecule has 2 aliphatic carbocycles. The Balaban J connectivity index is 1.41. The van der Waals surface area contributed by atoms with Crippen LogP contribution >= 0.6 is 11.6 Å². The quantitative estimate of drug-likeness (QED) is 0.323. The first kappa shape index (κ1) is 32.4. The Morgan fingerprint density at radius 3 is 2.73 bits per heavy atom. The summed E-state index contributed by atoms with van der Waals surface area (Å²) in [5.74, 6) is 0.759. The number of allylic oxidation sites excluding steroid dienone is 1. The van der Waals surface area contributed by atoms with Gasteiger partial charge in [0.15, 0.2) is 0 Å². The first-order chi connectivity index (χ1) is 21.6. The van der Waals surface area contributed by atoms with Crippen LogP contribution in [0.3, 0.4) is 0 Å². The molecule has 2 heterocycles. The minimum absolute atomic E-state index is 0.0139. The third-order valence-corrected chi connectivity index (χ3v) is 12.3. The summed E-state index contributed by atoms with van der Waals surface area (Å²) < 4.78 is 47.1. The van der Waals surface area contributed by atoms with E-state index in [9.17, 15) is 13.2 Å². The summed E-state index contributed by atoms with van der Waals surface area (Å²) in [6, 6.07) is 11.5. The molecular formula is C35H45ClN2O6S. The van der Waals surface area contributed by atoms with Gasteiger partial charge in [-0.15, -0.1) is 0 Å². The molecule has 0 unspecified atom stereocenters. The lowest BCUT2D eigenvalue weighted by molar-refractivity contribution is -0.0310. The normalized spacial score (nSPS) is 31.9. The highest BCUT2D eigenvalue weighted by Crippen LogP contribution is 2.47. The van der Waals surface area contributed by atoms with Gasteiger partial charge in [-0.1, -0.05) is 36.7 Å². The van der Waals surface area contributed by atoms with Gasteiger partial charge in [-0.3, -0.25) is 4.79 Å². The Kier molecular flexibility index (Phi) is 9.53. The molecule has 1 saturated carbocycles. The number of hydrogen-bond acceptors (Lipinski definition) is 7. The molecule has 6 atom stereocenters. The fraction of sp³-hybridized carbons (Fsp3) is 0.571. The van der Waals surface area contributed by atoms with Crippen LogP contribution < -0.4 is 14.4 Å². The van der Waals surface area contributed by atoms with Gasteiger partial charge in [0.2, 0.25) is 10.0 Å². The van der Waals surface area contributed by atoms with Gasteiger partial charge in [0.1, 0.15) is 5.75 Å². The van der Waals surface area contributed by atoms with Gasteiger partial charge in [-0.05, 0) is 105 Å². The third-order valence-electron chi connectivity index (χ3n) is 10.3. The SMILES string of the molecule is COCCO[C@H]1/C=C\[C@H](C)C[C@@H](C)S(=O)(=O)NC(=O)c2ccc3c(c2)N(C[C@@H]2CC[C@H]21)C[C@@]1(CCCc2cc(Cl)ccc21)CO3. The summed E-state index contributed by atoms with van der Waals surface area (Å²) in [4.78, 5) is 15.8. The second-order valence-corrected chi connectivity index (χ2v) is 16.0. The predicted molar refractivity (Wildman–Crippen MR) is 177 cm³/mol. The van der Waals surface area contributed by atoms with Crippen LogP contribution in [0.4, 0.5) is 5.69 Å². The van der Waals surface area contributed by atoms with Crippen molar-refractivity contribution in [2.24, 2.45) is 17.8 Å². The highest BCUT2D eigenvalue weighted by atomic mass is 35.5. The van der Waals surface area contributed by atoms with Crippen LogP contribution in [0.5, 0.6) is 5.75 Å². The van der Waals surface area contributed by atoms with Crippen LogP contribution in [0.15, 0.2) is 48.6 Å². The molecule has 2 aromatic carbocycles. The topological polar surface area (TPSA) is 94.2 Å². The molecule has 2 bridgehead atoms. The number of ether oxygens (including phenoxy) is 3. The lowest BCUT2D eigenvalue weighted by atomic mass is 9.68. The van der Waals surface area contributed by atoms with Gasteiger partial charge in [0.05, 0.1) is 36.9 Å². The summed E-state index contributed by atoms with van der Waals surface area (Å²) in [6.45, 7) is 6.68. The molecule has 2 aliphatic heterocycles. The van der Waals surface area contributed by atoms with E-state index in [0.717, 1.165) is 55.9 Å². The molecule has 0 aromatic heterocycles. The molecule has 8 nitrogen and oxygen atoms in total. The Labute approximate surface area is 272 Å². The zero-order chi connectivity index (χ0) is 31.8. The van der Waals surface area contributed by atoms with Gasteiger partial charge in [0.25, 0.3) is 5.91 Å². The fourth-order valence-electron chi connectivity index (χ4n) is 7.70. The van der Waals surface area contributed by atoms with Crippen LogP contribution in [0.2, 0.25) is 5.02 Å². The van der Waals surface area contributed by atoms with Gasteiger partial charge in [-0.25, -0.2) is 13.1 Å². The van der Waals surface area contributed by atoms with Crippen LogP contribution in [-0.4, -0.2) is 65.7 Å². The number of benzene rings is 2. The summed E-state index contributed by atoms with van der Waals surface area (Å²) in [5.41, 5.74) is 3.42. The third kappa shape index (κ3) is 6.78. The van der Waals surface area contributed by atoms with Crippen molar-refractivity contribution in [2.45, 2.75) is 69.1 Å². The summed E-state index contributed by atoms with van der Waals surface area (Å²) in [5, 5.41) is -0.00790. The number of methoxy groups -OCH3 is 1. The minimum Gasteiger partial charge on any atom is -0.490 e. The van der Waals surface area contributed by atoms with Crippen molar-refractivity contribution in [3.05, 3.63) is 70.3 Å². The average molecular weight is 657 g/mol. The molecule has 6 rings (SSSR count). The number of nitrogens with one attached hydrogen (secondary N) is 1. The van der Waals surface area contributed by atoms with E-state index in [0.29, 0.717) is 49.4 Å². The van der Waals surface area contributed by atoms with E-state index >= 15 is 0 Å². The number of rotatable bonds is 4. The van der Waals surface area contributed by atoms with E-state index in [2.05, 4.69) is 33.9 Å². The number of carbonyl (C=O) groups excluding carboxylic acids is 1. The number of halogens is 1. The first-order valence-corrected chi connectivity index (χ1v) is 18.2. The predicted octanol–water partition coefficient (Wildman–Crippen LogP) is 5.92. The number of amides is 1. The summed E-state index contributed by atoms with van der Waals surface area (Å²) in [6.07, 6.45) is 9.63. The fourth-order valence-corrected chi connectivity index (χ4v) is 9.03. The van der Waals surface area contributed by atoms with E-state index in [-0.39, 0.29) is 17.4 Å². The van der Waals surface area contributed by atoms with Gasteiger partial charge in [-0.2, -0.15) is 0 Å². The smallest absolute Gasteiger partial charge is 0.264 e. The van der Waals surface area contributed by atoms with Gasteiger partial charge < -0.3 is 19.1 Å². The Morgan fingerprint density at radius 1 is 1.11 bits per heavy atom. The van der Waals surface area contributed by atoms with Crippen LogP contribution in [0.1, 0.15) is 67.4 Å². The molecule has 0 radical (unpaired) electrons. The molecular weight excluding hydrogens is 612 g/mol. The highest BCUT2D eigenvalue weighted by molar-refractivity contribution is 7.90. The van der Waals surface area contributed by atoms with Crippen molar-refractivity contribution < 1.29 is 27.4 Å². The van der Waals surface area contributed by atoms with Gasteiger partial charge >= 0.3 is 0 Å². The van der Waals surface area contributed by atoms with E-state index in [1.807, 2.05) is 25.1 Å². The Morgan fingerprint density at radius 2 is 1.96 bits per heavy atom. The molecule has 0 saturated heterocycles. The largest absolute Gasteiger partial charge is 0.490 e. The van der Waals surface area contributed by atoms with Crippen LogP contribution in [0, 0.1) is 17.8 Å². The minimum atomic E-state index is -3.90. The zero-order valence-electron chi connectivity index (χ0n) is 26.5. The van der Waals surface area contributed by atoms with Crippen molar-refractivity contribution >= 4 is 33.2 Å². The van der Waals surface area contributed by atoms with Crippen molar-refractivity contribution in [1.29, 1.82) is 0 Å². The molecule has 1 amide bonds. The number of sulfonamides is 1. The maximum atomic E-state index is 13.4. The Hall–Kier alpha value is -2.59. The number of carbonyl (C=O) groups is 1. The molecule has 10 heteroatoms. The first-order valence-electron chi connectivity index (χ1n) is 16.2. The molecule has 1 N–H and O–H groups in total. The summed E-state index contributed by atoms with van der Waals surface area (Å²) >= 11 is 6.43. The van der Waals surface area contributed by atoms with Crippen molar-refractivity contribution in [3.63, 3.8) is 0 Å². The summed E-state index contributed by atoms with van der Waals surface area (Å²) in [7, 11) is -2.22. The number of nitrogens with zero attached hydrogens (tertiary/aromatic N) is 1. The van der Waals surface area contributed by atoms with E-state index < -0.39 is 21.2 Å². The van der Waals surface area contributed by atoms with Crippen molar-refractivity contribution in [2.75, 3.05) is 44.9 Å². The second kappa shape index (κ2) is 13.3. The number of aryl methyl sites for hydroxylation is 1. The second-order valence-electron chi connectivity index (χ2n) is 13.5. The highest BCUT2D eigenvalue weighted by Gasteiger charge is 2.44.